The Morgan fingerprint density at radius 2 is 1.90 bits per heavy atom. The summed E-state index contributed by atoms with van der Waals surface area (Å²) in [6.07, 6.45) is 1.34. The van der Waals surface area contributed by atoms with Gasteiger partial charge in [0.25, 0.3) is 0 Å². The highest BCUT2D eigenvalue weighted by molar-refractivity contribution is 5.75. The van der Waals surface area contributed by atoms with Crippen LogP contribution in [0.4, 0.5) is 0 Å². The van der Waals surface area contributed by atoms with Gasteiger partial charge in [0.1, 0.15) is 6.04 Å². The van der Waals surface area contributed by atoms with E-state index in [0.29, 0.717) is 37.7 Å². The van der Waals surface area contributed by atoms with E-state index in [9.17, 15) is 4.79 Å². The quantitative estimate of drug-likeness (QED) is 0.708. The summed E-state index contributed by atoms with van der Waals surface area (Å²) >= 11 is 0. The summed E-state index contributed by atoms with van der Waals surface area (Å²) in [6.45, 7) is 7.25. The Kier molecular flexibility index (Phi) is 7.61. The molecule has 0 radical (unpaired) electrons. The van der Waals surface area contributed by atoms with E-state index in [-0.39, 0.29) is 5.97 Å². The normalized spacial score (nSPS) is 11.8. The van der Waals surface area contributed by atoms with Crippen LogP contribution in [0.25, 0.3) is 0 Å². The maximum absolute atomic E-state index is 11.6. The molecule has 1 aromatic carbocycles. The molecule has 0 saturated carbocycles. The zero-order valence-corrected chi connectivity index (χ0v) is 13.1. The third-order valence-electron chi connectivity index (χ3n) is 2.81. The Balaban J connectivity index is 2.79. The lowest BCUT2D eigenvalue weighted by Crippen LogP contribution is -2.34. The monoisotopic (exact) mass is 295 g/mol. The summed E-state index contributed by atoms with van der Waals surface area (Å²) in [5.41, 5.74) is 6.75. The molecule has 0 heterocycles. The van der Waals surface area contributed by atoms with Crippen molar-refractivity contribution in [1.29, 1.82) is 0 Å². The van der Waals surface area contributed by atoms with Gasteiger partial charge in [-0.1, -0.05) is 13.0 Å². The van der Waals surface area contributed by atoms with E-state index in [1.54, 1.807) is 6.92 Å². The summed E-state index contributed by atoms with van der Waals surface area (Å²) in [5.74, 6) is 1.01. The van der Waals surface area contributed by atoms with Gasteiger partial charge in [0.15, 0.2) is 11.5 Å². The van der Waals surface area contributed by atoms with Crippen molar-refractivity contribution in [3.8, 4) is 11.5 Å². The molecule has 2 N–H and O–H groups in total. The fourth-order valence-corrected chi connectivity index (χ4v) is 1.87. The Labute approximate surface area is 126 Å². The molecular formula is C16H25NO4. The van der Waals surface area contributed by atoms with Crippen molar-refractivity contribution in [3.05, 3.63) is 23.8 Å². The first-order valence-electron chi connectivity index (χ1n) is 7.43. The number of nitrogens with two attached hydrogens (primary N) is 1. The largest absolute Gasteiger partial charge is 0.490 e. The van der Waals surface area contributed by atoms with Crippen LogP contribution in [0.5, 0.6) is 11.5 Å². The molecule has 5 heteroatoms. The van der Waals surface area contributed by atoms with Crippen molar-refractivity contribution in [2.45, 2.75) is 39.7 Å². The molecule has 0 spiro atoms. The third-order valence-corrected chi connectivity index (χ3v) is 2.81. The van der Waals surface area contributed by atoms with Crippen molar-refractivity contribution < 1.29 is 19.0 Å². The van der Waals surface area contributed by atoms with Crippen molar-refractivity contribution in [1.82, 2.24) is 0 Å². The van der Waals surface area contributed by atoms with Gasteiger partial charge < -0.3 is 19.9 Å². The van der Waals surface area contributed by atoms with Crippen molar-refractivity contribution in [2.24, 2.45) is 5.73 Å². The number of rotatable bonds is 9. The van der Waals surface area contributed by atoms with Crippen molar-refractivity contribution in [2.75, 3.05) is 19.8 Å². The predicted molar refractivity (Wildman–Crippen MR) is 81.7 cm³/mol. The number of hydrogen-bond donors (Lipinski definition) is 1. The Morgan fingerprint density at radius 3 is 2.52 bits per heavy atom. The van der Waals surface area contributed by atoms with E-state index in [2.05, 4.69) is 0 Å². The van der Waals surface area contributed by atoms with Gasteiger partial charge in [-0.25, -0.2) is 0 Å². The van der Waals surface area contributed by atoms with Gasteiger partial charge in [-0.2, -0.15) is 0 Å². The van der Waals surface area contributed by atoms with Gasteiger partial charge in [-0.15, -0.1) is 0 Å². The molecular weight excluding hydrogens is 270 g/mol. The lowest BCUT2D eigenvalue weighted by atomic mass is 10.1. The summed E-state index contributed by atoms with van der Waals surface area (Å²) in [6, 6.07) is 4.95. The summed E-state index contributed by atoms with van der Waals surface area (Å²) in [5, 5.41) is 0. The molecule has 21 heavy (non-hydrogen) atoms. The number of benzene rings is 1. The number of carbonyl (C=O) groups excluding carboxylic acids is 1. The lowest BCUT2D eigenvalue weighted by Gasteiger charge is -2.15. The van der Waals surface area contributed by atoms with Crippen LogP contribution in [0.2, 0.25) is 0 Å². The second kappa shape index (κ2) is 9.23. The van der Waals surface area contributed by atoms with Crippen molar-refractivity contribution in [3.63, 3.8) is 0 Å². The van der Waals surface area contributed by atoms with E-state index in [0.717, 1.165) is 12.0 Å². The number of esters is 1. The van der Waals surface area contributed by atoms with Gasteiger partial charge >= 0.3 is 5.97 Å². The molecule has 118 valence electrons. The fraction of sp³-hybridized carbons (Fsp3) is 0.562. The molecule has 1 atom stereocenters. The van der Waals surface area contributed by atoms with Crippen LogP contribution in [-0.4, -0.2) is 31.8 Å². The second-order valence-corrected chi connectivity index (χ2v) is 4.63. The molecule has 1 unspecified atom stereocenters. The highest BCUT2D eigenvalue weighted by Gasteiger charge is 2.16. The molecule has 0 aliphatic heterocycles. The van der Waals surface area contributed by atoms with Gasteiger partial charge in [-0.3, -0.25) is 4.79 Å². The maximum atomic E-state index is 11.6. The Hall–Kier alpha value is -1.75. The molecule has 0 amide bonds. The molecule has 1 aromatic rings. The minimum atomic E-state index is -0.665. The SMILES string of the molecule is CCCOc1ccc(CC(N)C(=O)OCC)cc1OCC. The highest BCUT2D eigenvalue weighted by atomic mass is 16.5. The van der Waals surface area contributed by atoms with E-state index in [1.165, 1.54) is 0 Å². The first-order chi connectivity index (χ1) is 10.1. The summed E-state index contributed by atoms with van der Waals surface area (Å²) in [7, 11) is 0. The molecule has 5 nitrogen and oxygen atoms in total. The molecule has 0 bridgehead atoms. The number of carbonyl (C=O) groups is 1. The smallest absolute Gasteiger partial charge is 0.323 e. The van der Waals surface area contributed by atoms with E-state index < -0.39 is 6.04 Å². The second-order valence-electron chi connectivity index (χ2n) is 4.63. The van der Waals surface area contributed by atoms with Crippen molar-refractivity contribution >= 4 is 5.97 Å². The van der Waals surface area contributed by atoms with E-state index >= 15 is 0 Å². The van der Waals surface area contributed by atoms with Crippen LogP contribution < -0.4 is 15.2 Å². The number of hydrogen-bond acceptors (Lipinski definition) is 5. The van der Waals surface area contributed by atoms with Gasteiger partial charge in [-0.05, 0) is 44.4 Å². The first kappa shape index (κ1) is 17.3. The van der Waals surface area contributed by atoms with Gasteiger partial charge in [0.05, 0.1) is 19.8 Å². The van der Waals surface area contributed by atoms with E-state index in [4.69, 9.17) is 19.9 Å². The highest BCUT2D eigenvalue weighted by Crippen LogP contribution is 2.29. The maximum Gasteiger partial charge on any atom is 0.323 e. The zero-order chi connectivity index (χ0) is 15.7. The molecule has 0 aliphatic rings. The fourth-order valence-electron chi connectivity index (χ4n) is 1.87. The van der Waals surface area contributed by atoms with Gasteiger partial charge in [0.2, 0.25) is 0 Å². The van der Waals surface area contributed by atoms with Crippen LogP contribution >= 0.6 is 0 Å². The minimum absolute atomic E-state index is 0.334. The molecule has 0 aliphatic carbocycles. The van der Waals surface area contributed by atoms with Crippen LogP contribution in [0.15, 0.2) is 18.2 Å². The Morgan fingerprint density at radius 1 is 1.14 bits per heavy atom. The predicted octanol–water partition coefficient (Wildman–Crippen LogP) is 2.31. The molecule has 0 fully saturated rings. The standard InChI is InChI=1S/C16H25NO4/c1-4-9-21-14-8-7-12(11-15(14)19-5-2)10-13(17)16(18)20-6-3/h7-8,11,13H,4-6,9-10,17H2,1-3H3. The summed E-state index contributed by atoms with van der Waals surface area (Å²) in [4.78, 5) is 11.6. The average Bonchev–Trinajstić information content (AvgIpc) is 2.47. The van der Waals surface area contributed by atoms with Gasteiger partial charge in [0, 0.05) is 0 Å². The van der Waals surface area contributed by atoms with Crippen LogP contribution in [0.1, 0.15) is 32.8 Å². The first-order valence-corrected chi connectivity index (χ1v) is 7.43. The molecule has 0 saturated heterocycles. The average molecular weight is 295 g/mol. The molecule has 1 rings (SSSR count). The van der Waals surface area contributed by atoms with Crippen LogP contribution in [-0.2, 0) is 16.0 Å². The third kappa shape index (κ3) is 5.63. The van der Waals surface area contributed by atoms with Crippen LogP contribution in [0, 0.1) is 0 Å². The minimum Gasteiger partial charge on any atom is -0.490 e. The lowest BCUT2D eigenvalue weighted by molar-refractivity contribution is -0.144. The zero-order valence-electron chi connectivity index (χ0n) is 13.1. The topological polar surface area (TPSA) is 70.8 Å². The van der Waals surface area contributed by atoms with Crippen LogP contribution in [0.3, 0.4) is 0 Å². The Bertz CT molecular complexity index is 448. The van der Waals surface area contributed by atoms with E-state index in [1.807, 2.05) is 32.0 Å². The summed E-state index contributed by atoms with van der Waals surface area (Å²) < 4.78 is 16.1. The number of ether oxygens (including phenoxy) is 3. The molecule has 0 aromatic heterocycles.